The Morgan fingerprint density at radius 2 is 2.15 bits per heavy atom. The fourth-order valence-corrected chi connectivity index (χ4v) is 2.96. The predicted molar refractivity (Wildman–Crippen MR) is 84.8 cm³/mol. The molecule has 0 aliphatic carbocycles. The number of aromatic nitrogens is 1. The molecule has 0 aromatic carbocycles. The molecule has 1 aromatic rings. The highest BCUT2D eigenvalue weighted by Gasteiger charge is 2.15. The number of rotatable bonds is 9. The number of nitrogens with one attached hydrogen (secondary N) is 1. The second kappa shape index (κ2) is 9.08. The minimum atomic E-state index is 0.135. The van der Waals surface area contributed by atoms with Gasteiger partial charge in [-0.25, -0.2) is 4.98 Å². The van der Waals surface area contributed by atoms with E-state index in [0.717, 1.165) is 17.8 Å². The minimum absolute atomic E-state index is 0.135. The molecule has 4 nitrogen and oxygen atoms in total. The van der Waals surface area contributed by atoms with Crippen LogP contribution >= 0.6 is 11.3 Å². The summed E-state index contributed by atoms with van der Waals surface area (Å²) < 4.78 is 0. The van der Waals surface area contributed by atoms with E-state index in [1.54, 1.807) is 17.5 Å². The van der Waals surface area contributed by atoms with Gasteiger partial charge in [0.1, 0.15) is 0 Å². The maximum absolute atomic E-state index is 11.9. The maximum atomic E-state index is 11.9. The maximum Gasteiger partial charge on any atom is 0.220 e. The summed E-state index contributed by atoms with van der Waals surface area (Å²) in [5.41, 5.74) is 5.62. The Balaban J connectivity index is 2.26. The molecule has 0 aliphatic rings. The van der Waals surface area contributed by atoms with E-state index in [4.69, 9.17) is 5.73 Å². The number of thiazole rings is 1. The summed E-state index contributed by atoms with van der Waals surface area (Å²) in [6.07, 6.45) is 4.32. The highest BCUT2D eigenvalue weighted by Crippen LogP contribution is 2.20. The number of amides is 1. The Hall–Kier alpha value is -0.940. The summed E-state index contributed by atoms with van der Waals surface area (Å²) in [4.78, 5) is 16.2. The van der Waals surface area contributed by atoms with Gasteiger partial charge in [-0.3, -0.25) is 4.79 Å². The molecule has 1 amide bonds. The van der Waals surface area contributed by atoms with Crippen molar-refractivity contribution in [2.24, 2.45) is 17.6 Å². The highest BCUT2D eigenvalue weighted by atomic mass is 32.1. The van der Waals surface area contributed by atoms with Gasteiger partial charge in [-0.05, 0) is 31.2 Å². The van der Waals surface area contributed by atoms with Crippen LogP contribution in [0.3, 0.4) is 0 Å². The van der Waals surface area contributed by atoms with Crippen LogP contribution in [-0.2, 0) is 4.79 Å². The Kier molecular flexibility index (Phi) is 7.77. The van der Waals surface area contributed by atoms with Crippen molar-refractivity contribution in [2.45, 2.75) is 46.0 Å². The number of hydrogen-bond donors (Lipinski definition) is 2. The van der Waals surface area contributed by atoms with Gasteiger partial charge in [0.25, 0.3) is 0 Å². The van der Waals surface area contributed by atoms with Gasteiger partial charge >= 0.3 is 0 Å². The van der Waals surface area contributed by atoms with Crippen LogP contribution < -0.4 is 11.1 Å². The molecular weight excluding hydrogens is 270 g/mol. The van der Waals surface area contributed by atoms with Crippen molar-refractivity contribution in [1.29, 1.82) is 0 Å². The summed E-state index contributed by atoms with van der Waals surface area (Å²) in [5.74, 6) is 1.54. The molecule has 2 atom stereocenters. The fourth-order valence-electron chi connectivity index (χ4n) is 2.26. The third-order valence-corrected chi connectivity index (χ3v) is 4.71. The first-order chi connectivity index (χ1) is 9.54. The normalized spacial score (nSPS) is 14.2. The van der Waals surface area contributed by atoms with Gasteiger partial charge in [0.15, 0.2) is 0 Å². The second-order valence-electron chi connectivity index (χ2n) is 5.70. The van der Waals surface area contributed by atoms with Gasteiger partial charge in [0.2, 0.25) is 5.91 Å². The minimum Gasteiger partial charge on any atom is -0.355 e. The van der Waals surface area contributed by atoms with Gasteiger partial charge in [0.05, 0.1) is 5.01 Å². The zero-order valence-electron chi connectivity index (χ0n) is 12.8. The molecule has 0 saturated carbocycles. The average Bonchev–Trinajstić information content (AvgIpc) is 2.94. The monoisotopic (exact) mass is 297 g/mol. The third-order valence-electron chi connectivity index (χ3n) is 3.70. The van der Waals surface area contributed by atoms with Gasteiger partial charge in [-0.15, -0.1) is 11.3 Å². The molecule has 5 heteroatoms. The Morgan fingerprint density at radius 1 is 1.40 bits per heavy atom. The first kappa shape index (κ1) is 17.1. The second-order valence-corrected chi connectivity index (χ2v) is 6.62. The Labute approximate surface area is 126 Å². The van der Waals surface area contributed by atoms with E-state index in [1.807, 2.05) is 5.38 Å². The van der Waals surface area contributed by atoms with Gasteiger partial charge < -0.3 is 11.1 Å². The zero-order valence-corrected chi connectivity index (χ0v) is 13.6. The van der Waals surface area contributed by atoms with Crippen LogP contribution in [-0.4, -0.2) is 24.0 Å². The lowest BCUT2D eigenvalue weighted by Crippen LogP contribution is -2.28. The summed E-state index contributed by atoms with van der Waals surface area (Å²) in [7, 11) is 0. The van der Waals surface area contributed by atoms with E-state index in [1.165, 1.54) is 0 Å². The lowest BCUT2D eigenvalue weighted by molar-refractivity contribution is -0.121. The summed E-state index contributed by atoms with van der Waals surface area (Å²) >= 11 is 1.64. The van der Waals surface area contributed by atoms with Crippen molar-refractivity contribution in [3.05, 3.63) is 16.6 Å². The van der Waals surface area contributed by atoms with E-state index >= 15 is 0 Å². The van der Waals surface area contributed by atoms with E-state index in [0.29, 0.717) is 31.3 Å². The van der Waals surface area contributed by atoms with E-state index in [2.05, 4.69) is 31.1 Å². The Bertz CT molecular complexity index is 378. The first-order valence-corrected chi connectivity index (χ1v) is 8.28. The van der Waals surface area contributed by atoms with Gasteiger partial charge in [0, 0.05) is 30.5 Å². The smallest absolute Gasteiger partial charge is 0.220 e. The molecule has 20 heavy (non-hydrogen) atoms. The number of carbonyl (C=O) groups is 1. The molecule has 0 aliphatic heterocycles. The molecular formula is C15H27N3OS. The van der Waals surface area contributed by atoms with E-state index in [9.17, 15) is 4.79 Å². The summed E-state index contributed by atoms with van der Waals surface area (Å²) in [5, 5.41) is 6.05. The summed E-state index contributed by atoms with van der Waals surface area (Å²) in [6, 6.07) is 0. The van der Waals surface area contributed by atoms with Crippen molar-refractivity contribution >= 4 is 17.2 Å². The lowest BCUT2D eigenvalue weighted by atomic mass is 9.88. The largest absolute Gasteiger partial charge is 0.355 e. The average molecular weight is 297 g/mol. The Morgan fingerprint density at radius 3 is 2.70 bits per heavy atom. The lowest BCUT2D eigenvalue weighted by Gasteiger charge is -2.19. The SMILES string of the molecule is CC(CNC(=O)CCC(CCN)C(C)C)c1nccs1. The molecule has 0 saturated heterocycles. The van der Waals surface area contributed by atoms with Crippen LogP contribution in [0.25, 0.3) is 0 Å². The van der Waals surface area contributed by atoms with Crippen molar-refractivity contribution in [1.82, 2.24) is 10.3 Å². The highest BCUT2D eigenvalue weighted by molar-refractivity contribution is 7.09. The third kappa shape index (κ3) is 6.01. The van der Waals surface area contributed by atoms with Crippen LogP contribution in [0.1, 0.15) is 51.0 Å². The standard InChI is InChI=1S/C15H27N3OS/c1-11(2)13(6-7-16)4-5-14(19)18-10-12(3)15-17-8-9-20-15/h8-9,11-13H,4-7,10,16H2,1-3H3,(H,18,19). The van der Waals surface area contributed by atoms with Crippen molar-refractivity contribution in [3.63, 3.8) is 0 Å². The van der Waals surface area contributed by atoms with Crippen LogP contribution in [0.2, 0.25) is 0 Å². The molecule has 0 fully saturated rings. The van der Waals surface area contributed by atoms with Crippen LogP contribution in [0.15, 0.2) is 11.6 Å². The van der Waals surface area contributed by atoms with E-state index in [-0.39, 0.29) is 11.8 Å². The summed E-state index contributed by atoms with van der Waals surface area (Å²) in [6.45, 7) is 7.84. The first-order valence-electron chi connectivity index (χ1n) is 7.40. The number of carbonyl (C=O) groups excluding carboxylic acids is 1. The number of nitrogens with two attached hydrogens (primary N) is 1. The molecule has 1 rings (SSSR count). The molecule has 0 spiro atoms. The molecule has 3 N–H and O–H groups in total. The predicted octanol–water partition coefficient (Wildman–Crippen LogP) is 2.76. The van der Waals surface area contributed by atoms with Crippen LogP contribution in [0.5, 0.6) is 0 Å². The quantitative estimate of drug-likeness (QED) is 0.736. The van der Waals surface area contributed by atoms with Crippen molar-refractivity contribution in [2.75, 3.05) is 13.1 Å². The van der Waals surface area contributed by atoms with E-state index < -0.39 is 0 Å². The fraction of sp³-hybridized carbons (Fsp3) is 0.733. The van der Waals surface area contributed by atoms with Crippen LogP contribution in [0.4, 0.5) is 0 Å². The van der Waals surface area contributed by atoms with Crippen molar-refractivity contribution in [3.8, 4) is 0 Å². The number of hydrogen-bond acceptors (Lipinski definition) is 4. The molecule has 0 radical (unpaired) electrons. The van der Waals surface area contributed by atoms with Gasteiger partial charge in [-0.1, -0.05) is 20.8 Å². The molecule has 2 unspecified atom stereocenters. The zero-order chi connectivity index (χ0) is 15.0. The molecule has 0 bridgehead atoms. The number of nitrogens with zero attached hydrogens (tertiary/aromatic N) is 1. The van der Waals surface area contributed by atoms with Crippen LogP contribution in [0, 0.1) is 11.8 Å². The molecule has 1 aromatic heterocycles. The van der Waals surface area contributed by atoms with Crippen molar-refractivity contribution < 1.29 is 4.79 Å². The van der Waals surface area contributed by atoms with Gasteiger partial charge in [-0.2, -0.15) is 0 Å². The topological polar surface area (TPSA) is 68.0 Å². The molecule has 114 valence electrons. The molecule has 1 heterocycles.